The number of nitrogens with zero attached hydrogens (tertiary/aromatic N) is 9. The van der Waals surface area contributed by atoms with Crippen molar-refractivity contribution in [2.45, 2.75) is 19.3 Å². The van der Waals surface area contributed by atoms with Crippen LogP contribution in [0, 0.1) is 0 Å². The molecule has 9 heteroatoms. The van der Waals surface area contributed by atoms with Gasteiger partial charge in [0.25, 0.3) is 0 Å². The lowest BCUT2D eigenvalue weighted by atomic mass is 9.79. The molecule has 0 N–H and O–H groups in total. The van der Waals surface area contributed by atoms with Crippen molar-refractivity contribution in [1.29, 1.82) is 0 Å². The van der Waals surface area contributed by atoms with Crippen LogP contribution in [-0.4, -0.2) is 42.8 Å². The second-order valence-electron chi connectivity index (χ2n) is 38.7. The van der Waals surface area contributed by atoms with Gasteiger partial charge in [0.05, 0.1) is 106 Å². The van der Waals surface area contributed by atoms with E-state index in [0.717, 1.165) is 117 Å². The zero-order valence-electron chi connectivity index (χ0n) is 77.5. The van der Waals surface area contributed by atoms with Gasteiger partial charge < -0.3 is 22.8 Å². The Kier molecular flexibility index (Phi) is 17.2. The van der Waals surface area contributed by atoms with Crippen molar-refractivity contribution in [2.24, 2.45) is 0 Å². The number of hydrogen-bond acceptors (Lipinski definition) is 4. The highest BCUT2D eigenvalue weighted by molar-refractivity contribution is 6.24. The van der Waals surface area contributed by atoms with Gasteiger partial charge in [-0.05, 0) is 251 Å². The van der Waals surface area contributed by atoms with Crippen molar-refractivity contribution in [3.63, 3.8) is 0 Å². The molecule has 0 bridgehead atoms. The number of fused-ring (bicyclic) bond motifs is 28. The smallest absolute Gasteiger partial charge is 0.0976 e. The SMILES string of the molecule is CC1(C)c2ccccc2-c2cccc(-c3nc4ccccc4nc3-c3ccc4c(-n5c6ccccc6c6cc7cc(-n8c9ccccc9c9c%10ccccc%10ccc98)ccc7cc65)cccc4c3)c21.c1ccc(-n2c3ccccc3c3cc(-c4nc5ccccc5nc4-c4ccc5cc(-n6c7ccccc7c7cc8cc(-n9c%10ccccc%10c%10c%11ccccc%11ccc%109)ccc8cc76)ccc5c4)ccc32)cc1. The molecule has 1 aliphatic rings. The standard InChI is InChI=1S/C68H41N5.C65H42N4/c1-2-15-49(16-3-1)71-60-23-11-6-18-53(60)56-39-47(31-34-63(56)71)68-67(69-58-21-9-10-22-59(58)70-68)46-27-26-44-37-50(32-28-43(44)36-46)73-61-24-12-7-19-54(61)57-40-48-38-51(33-29-45(48)41-65(57)73)72-62-25-13-8-20-55(62)66-52-17-5-4-14-42(52)30-35-64(66)72;1-65(2)53-23-8-5-18-47(53)49-21-14-22-51(62(49)65)64-63(66-54-24-9-10-25-55(54)67-64)42-30-33-45-41(35-42)16-13-28-56(45)69-57-26-11-6-19-48(57)52-37-43-36-44(32-29-40(43)38-60(52)69)68-58-27-12-7-20-50(58)61-46-17-4-3-15-39(46)31-34-59(61)68/h1-41H;3-38H,1-2H3. The van der Waals surface area contributed by atoms with Gasteiger partial charge in [0.1, 0.15) is 0 Å². The summed E-state index contributed by atoms with van der Waals surface area (Å²) < 4.78 is 12.1. The predicted molar refractivity (Wildman–Crippen MR) is 595 cm³/mol. The van der Waals surface area contributed by atoms with E-state index in [-0.39, 0.29) is 5.41 Å². The molecule has 0 fully saturated rings. The lowest BCUT2D eigenvalue weighted by Crippen LogP contribution is -2.16. The zero-order chi connectivity index (χ0) is 93.3. The summed E-state index contributed by atoms with van der Waals surface area (Å²) in [5.74, 6) is 0. The molecular weight excluding hydrogens is 1720 g/mol. The summed E-state index contributed by atoms with van der Waals surface area (Å²) in [6.45, 7) is 4.69. The Bertz CT molecular complexity index is 10700. The maximum absolute atomic E-state index is 5.45. The topological polar surface area (TPSA) is 76.2 Å². The quantitative estimate of drug-likeness (QED) is 0.144. The minimum atomic E-state index is -0.205. The minimum Gasteiger partial charge on any atom is -0.309 e. The molecule has 31 rings (SSSR count). The van der Waals surface area contributed by atoms with Gasteiger partial charge in [-0.3, -0.25) is 0 Å². The molecule has 0 aliphatic heterocycles. The van der Waals surface area contributed by atoms with E-state index >= 15 is 0 Å². The van der Waals surface area contributed by atoms with E-state index in [9.17, 15) is 0 Å². The van der Waals surface area contributed by atoms with Crippen LogP contribution in [0.3, 0.4) is 0 Å². The third-order valence-corrected chi connectivity index (χ3v) is 30.5. The summed E-state index contributed by atoms with van der Waals surface area (Å²) in [6, 6.07) is 170. The lowest BCUT2D eigenvalue weighted by molar-refractivity contribution is 0.662. The first-order valence-electron chi connectivity index (χ1n) is 48.9. The minimum absolute atomic E-state index is 0.205. The van der Waals surface area contributed by atoms with E-state index in [1.165, 1.54) is 174 Å². The molecule has 30 aromatic rings. The van der Waals surface area contributed by atoms with Crippen LogP contribution < -0.4 is 0 Å². The van der Waals surface area contributed by atoms with Gasteiger partial charge in [0.15, 0.2) is 0 Å². The van der Waals surface area contributed by atoms with E-state index in [4.69, 9.17) is 19.9 Å². The molecule has 9 nitrogen and oxygen atoms in total. The number of rotatable bonds is 9. The van der Waals surface area contributed by atoms with Gasteiger partial charge in [0, 0.05) is 110 Å². The average molecular weight is 1810 g/mol. The number of para-hydroxylation sites is 10. The Morgan fingerprint density at radius 1 is 0.176 bits per heavy atom. The molecule has 0 radical (unpaired) electrons. The highest BCUT2D eigenvalue weighted by atomic mass is 15.0. The van der Waals surface area contributed by atoms with E-state index in [2.05, 4.69) is 486 Å². The molecular formula is C133H83N9. The van der Waals surface area contributed by atoms with E-state index in [1.807, 2.05) is 18.2 Å². The van der Waals surface area contributed by atoms with Gasteiger partial charge in [-0.25, -0.2) is 19.9 Å². The second kappa shape index (κ2) is 30.7. The molecule has 23 aromatic carbocycles. The molecule has 0 atom stereocenters. The van der Waals surface area contributed by atoms with Gasteiger partial charge in [-0.1, -0.05) is 311 Å². The fourth-order valence-corrected chi connectivity index (χ4v) is 24.2. The Balaban J connectivity index is 0.000000133. The lowest BCUT2D eigenvalue weighted by Gasteiger charge is -2.25. The summed E-state index contributed by atoms with van der Waals surface area (Å²) >= 11 is 0. The van der Waals surface area contributed by atoms with Crippen molar-refractivity contribution >= 4 is 196 Å². The third-order valence-electron chi connectivity index (χ3n) is 30.5. The second-order valence-corrected chi connectivity index (χ2v) is 38.7. The summed E-state index contributed by atoms with van der Waals surface area (Å²) in [5, 5.41) is 26.9. The van der Waals surface area contributed by atoms with Crippen LogP contribution in [0.1, 0.15) is 25.0 Å². The first-order valence-corrected chi connectivity index (χ1v) is 48.9. The van der Waals surface area contributed by atoms with Crippen molar-refractivity contribution < 1.29 is 0 Å². The molecule has 0 amide bonds. The van der Waals surface area contributed by atoms with Crippen molar-refractivity contribution in [3.05, 3.63) is 478 Å². The summed E-state index contributed by atoms with van der Waals surface area (Å²) in [6.07, 6.45) is 0. The van der Waals surface area contributed by atoms with Crippen LogP contribution in [0.15, 0.2) is 467 Å². The molecule has 1 aliphatic carbocycles. The van der Waals surface area contributed by atoms with E-state index in [1.54, 1.807) is 0 Å². The van der Waals surface area contributed by atoms with Crippen LogP contribution >= 0.6 is 0 Å². The Hall–Kier alpha value is -18.7. The highest BCUT2D eigenvalue weighted by Crippen LogP contribution is 2.54. The molecule has 142 heavy (non-hydrogen) atoms. The van der Waals surface area contributed by atoms with Gasteiger partial charge in [-0.2, -0.15) is 0 Å². The molecule has 0 saturated carbocycles. The molecule has 0 spiro atoms. The van der Waals surface area contributed by atoms with Crippen LogP contribution in [-0.2, 0) is 5.41 Å². The Morgan fingerprint density at radius 2 is 0.528 bits per heavy atom. The van der Waals surface area contributed by atoms with Crippen LogP contribution in [0.2, 0.25) is 0 Å². The largest absolute Gasteiger partial charge is 0.309 e. The highest BCUT2D eigenvalue weighted by Gasteiger charge is 2.39. The van der Waals surface area contributed by atoms with Crippen molar-refractivity contribution in [3.8, 4) is 84.6 Å². The van der Waals surface area contributed by atoms with Crippen LogP contribution in [0.5, 0.6) is 0 Å². The number of hydrogen-bond donors (Lipinski definition) is 0. The maximum atomic E-state index is 5.45. The normalized spacial score (nSPS) is 12.6. The maximum Gasteiger partial charge on any atom is 0.0976 e. The summed E-state index contributed by atoms with van der Waals surface area (Å²) in [7, 11) is 0. The Morgan fingerprint density at radius 3 is 1.10 bits per heavy atom. The molecule has 0 saturated heterocycles. The first kappa shape index (κ1) is 79.5. The summed E-state index contributed by atoms with van der Waals surface area (Å²) in [5.41, 5.74) is 33.9. The fourth-order valence-electron chi connectivity index (χ4n) is 24.2. The summed E-state index contributed by atoms with van der Waals surface area (Å²) in [4.78, 5) is 21.6. The predicted octanol–water partition coefficient (Wildman–Crippen LogP) is 34.6. The fraction of sp³-hybridized carbons (Fsp3) is 0.0226. The van der Waals surface area contributed by atoms with E-state index < -0.39 is 0 Å². The average Bonchev–Trinajstić information content (AvgIpc) is 1.57. The zero-order valence-corrected chi connectivity index (χ0v) is 77.5. The molecule has 660 valence electrons. The van der Waals surface area contributed by atoms with Crippen molar-refractivity contribution in [1.82, 2.24) is 42.8 Å². The van der Waals surface area contributed by atoms with E-state index in [0.29, 0.717) is 0 Å². The number of aromatic nitrogens is 9. The molecule has 7 aromatic heterocycles. The van der Waals surface area contributed by atoms with Crippen LogP contribution in [0.25, 0.3) is 280 Å². The molecule has 0 unspecified atom stereocenters. The van der Waals surface area contributed by atoms with Crippen molar-refractivity contribution in [2.75, 3.05) is 0 Å². The molecule has 7 heterocycles. The first-order chi connectivity index (χ1) is 70.2. The third kappa shape index (κ3) is 11.9. The Labute approximate surface area is 814 Å². The van der Waals surface area contributed by atoms with Gasteiger partial charge in [-0.15, -0.1) is 0 Å². The van der Waals surface area contributed by atoms with Gasteiger partial charge in [0.2, 0.25) is 0 Å². The monoisotopic (exact) mass is 1810 g/mol. The van der Waals surface area contributed by atoms with Gasteiger partial charge >= 0.3 is 0 Å². The van der Waals surface area contributed by atoms with Crippen LogP contribution in [0.4, 0.5) is 0 Å². The number of benzene rings is 23.